The molecule has 1 aliphatic carbocycles. The third-order valence-electron chi connectivity index (χ3n) is 5.38. The van der Waals surface area contributed by atoms with E-state index in [9.17, 15) is 13.2 Å². The van der Waals surface area contributed by atoms with Crippen molar-refractivity contribution >= 4 is 15.9 Å². The lowest BCUT2D eigenvalue weighted by molar-refractivity contribution is -0.121. The maximum absolute atomic E-state index is 12.6. The Balaban J connectivity index is 1.56. The van der Waals surface area contributed by atoms with E-state index in [-0.39, 0.29) is 24.4 Å². The number of carbonyl (C=O) groups excluding carboxylic acids is 1. The maximum Gasteiger partial charge on any atom is 0.243 e. The van der Waals surface area contributed by atoms with Gasteiger partial charge in [-0.1, -0.05) is 18.6 Å². The molecule has 26 heavy (non-hydrogen) atoms. The molecule has 2 aliphatic rings. The lowest BCUT2D eigenvalue weighted by Gasteiger charge is -2.27. The van der Waals surface area contributed by atoms with Gasteiger partial charge in [0.25, 0.3) is 0 Å². The standard InChI is InChI=1S/C19H29N3O3S/c20-16-6-8-17(9-7-16)21-19(23)14-15-4-10-18(11-5-15)26(24,25)22-12-2-1-3-13-22/h4-5,10-11,16-17H,1-3,6-9,12-14,20H2,(H,21,23). The Morgan fingerprint density at radius 3 is 2.27 bits per heavy atom. The molecule has 0 spiro atoms. The maximum atomic E-state index is 12.6. The van der Waals surface area contributed by atoms with Crippen LogP contribution in [-0.2, 0) is 21.2 Å². The second-order valence-corrected chi connectivity index (χ2v) is 9.40. The predicted molar refractivity (Wildman–Crippen MR) is 101 cm³/mol. The summed E-state index contributed by atoms with van der Waals surface area (Å²) < 4.78 is 26.9. The van der Waals surface area contributed by atoms with E-state index in [0.29, 0.717) is 18.0 Å². The Hall–Kier alpha value is -1.44. The number of hydrogen-bond donors (Lipinski definition) is 2. The summed E-state index contributed by atoms with van der Waals surface area (Å²) in [5, 5.41) is 3.06. The molecule has 1 aromatic rings. The summed E-state index contributed by atoms with van der Waals surface area (Å²) in [7, 11) is -3.41. The van der Waals surface area contributed by atoms with Crippen LogP contribution in [0.1, 0.15) is 50.5 Å². The highest BCUT2D eigenvalue weighted by Crippen LogP contribution is 2.21. The Morgan fingerprint density at radius 1 is 1.04 bits per heavy atom. The molecule has 0 atom stereocenters. The van der Waals surface area contributed by atoms with E-state index in [1.165, 1.54) is 0 Å². The van der Waals surface area contributed by atoms with Crippen molar-refractivity contribution in [3.8, 4) is 0 Å². The first-order chi connectivity index (χ1) is 12.4. The van der Waals surface area contributed by atoms with Crippen molar-refractivity contribution in [1.29, 1.82) is 0 Å². The van der Waals surface area contributed by atoms with Crippen LogP contribution in [0.25, 0.3) is 0 Å². The number of rotatable bonds is 5. The number of hydrogen-bond acceptors (Lipinski definition) is 4. The number of nitrogens with one attached hydrogen (secondary N) is 1. The molecule has 1 saturated carbocycles. The van der Waals surface area contributed by atoms with Gasteiger partial charge in [0, 0.05) is 25.2 Å². The minimum Gasteiger partial charge on any atom is -0.353 e. The average Bonchev–Trinajstić information content (AvgIpc) is 2.65. The molecule has 7 heteroatoms. The van der Waals surface area contributed by atoms with Crippen LogP contribution < -0.4 is 11.1 Å². The molecule has 144 valence electrons. The first kappa shape index (κ1) is 19.3. The number of nitrogens with zero attached hydrogens (tertiary/aromatic N) is 1. The quantitative estimate of drug-likeness (QED) is 0.816. The average molecular weight is 380 g/mol. The van der Waals surface area contributed by atoms with Crippen LogP contribution in [0.2, 0.25) is 0 Å². The number of nitrogens with two attached hydrogens (primary N) is 1. The normalized spacial score (nSPS) is 25.0. The SMILES string of the molecule is NC1CCC(NC(=O)Cc2ccc(S(=O)(=O)N3CCCCC3)cc2)CC1. The molecule has 1 heterocycles. The highest BCUT2D eigenvalue weighted by molar-refractivity contribution is 7.89. The van der Waals surface area contributed by atoms with E-state index in [2.05, 4.69) is 5.32 Å². The molecular weight excluding hydrogens is 350 g/mol. The van der Waals surface area contributed by atoms with Crippen LogP contribution in [-0.4, -0.2) is 43.8 Å². The zero-order chi connectivity index (χ0) is 18.6. The fourth-order valence-electron chi connectivity index (χ4n) is 3.76. The Labute approximate surface area is 156 Å². The van der Waals surface area contributed by atoms with Crippen LogP contribution in [0.15, 0.2) is 29.2 Å². The minimum atomic E-state index is -3.41. The molecule has 0 aromatic heterocycles. The van der Waals surface area contributed by atoms with Crippen molar-refractivity contribution in [2.75, 3.05) is 13.1 Å². The summed E-state index contributed by atoms with van der Waals surface area (Å²) in [5.41, 5.74) is 6.72. The third kappa shape index (κ3) is 4.84. The van der Waals surface area contributed by atoms with Crippen molar-refractivity contribution in [3.63, 3.8) is 0 Å². The predicted octanol–water partition coefficient (Wildman–Crippen LogP) is 1.79. The van der Waals surface area contributed by atoms with Crippen LogP contribution in [0.3, 0.4) is 0 Å². The summed E-state index contributed by atoms with van der Waals surface area (Å²) in [6, 6.07) is 7.19. The van der Waals surface area contributed by atoms with Gasteiger partial charge >= 0.3 is 0 Å². The smallest absolute Gasteiger partial charge is 0.243 e. The van der Waals surface area contributed by atoms with Gasteiger partial charge in [0.05, 0.1) is 11.3 Å². The first-order valence-electron chi connectivity index (χ1n) is 9.59. The van der Waals surface area contributed by atoms with Crippen molar-refractivity contribution in [2.45, 2.75) is 68.3 Å². The van der Waals surface area contributed by atoms with E-state index < -0.39 is 10.0 Å². The van der Waals surface area contributed by atoms with Crippen molar-refractivity contribution < 1.29 is 13.2 Å². The summed E-state index contributed by atoms with van der Waals surface area (Å²) in [6.45, 7) is 1.19. The molecule has 1 aromatic carbocycles. The van der Waals surface area contributed by atoms with E-state index >= 15 is 0 Å². The molecule has 6 nitrogen and oxygen atoms in total. The zero-order valence-corrected chi connectivity index (χ0v) is 16.0. The topological polar surface area (TPSA) is 92.5 Å². The second kappa shape index (κ2) is 8.50. The Morgan fingerprint density at radius 2 is 1.65 bits per heavy atom. The summed E-state index contributed by atoms with van der Waals surface area (Å²) in [6.07, 6.45) is 6.97. The van der Waals surface area contributed by atoms with Crippen LogP contribution in [0.4, 0.5) is 0 Å². The molecule has 0 bridgehead atoms. The van der Waals surface area contributed by atoms with E-state index in [0.717, 1.165) is 50.5 Å². The number of benzene rings is 1. The lowest BCUT2D eigenvalue weighted by atomic mass is 9.91. The number of amides is 1. The molecule has 2 fully saturated rings. The number of sulfonamides is 1. The molecule has 1 aliphatic heterocycles. The van der Waals surface area contributed by atoms with Gasteiger partial charge in [-0.2, -0.15) is 4.31 Å². The monoisotopic (exact) mass is 379 g/mol. The molecule has 1 amide bonds. The Kier molecular flexibility index (Phi) is 6.32. The lowest BCUT2D eigenvalue weighted by Crippen LogP contribution is -2.41. The summed E-state index contributed by atoms with van der Waals surface area (Å²) in [4.78, 5) is 12.5. The molecule has 0 unspecified atom stereocenters. The van der Waals surface area contributed by atoms with Gasteiger partial charge in [-0.05, 0) is 56.2 Å². The fraction of sp³-hybridized carbons (Fsp3) is 0.632. The third-order valence-corrected chi connectivity index (χ3v) is 7.29. The zero-order valence-electron chi connectivity index (χ0n) is 15.2. The molecule has 0 radical (unpaired) electrons. The molecule has 3 N–H and O–H groups in total. The van der Waals surface area contributed by atoms with Gasteiger partial charge in [-0.3, -0.25) is 4.79 Å². The van der Waals surface area contributed by atoms with Crippen LogP contribution in [0, 0.1) is 0 Å². The molecular formula is C19H29N3O3S. The van der Waals surface area contributed by atoms with Gasteiger partial charge in [-0.25, -0.2) is 8.42 Å². The Bertz CT molecular complexity index is 704. The summed E-state index contributed by atoms with van der Waals surface area (Å²) in [5.74, 6) is -0.0166. The van der Waals surface area contributed by atoms with E-state index in [1.54, 1.807) is 28.6 Å². The second-order valence-electron chi connectivity index (χ2n) is 7.46. The van der Waals surface area contributed by atoms with Crippen molar-refractivity contribution in [3.05, 3.63) is 29.8 Å². The largest absolute Gasteiger partial charge is 0.353 e. The van der Waals surface area contributed by atoms with Gasteiger partial charge < -0.3 is 11.1 Å². The molecule has 1 saturated heterocycles. The van der Waals surface area contributed by atoms with Gasteiger partial charge in [0.15, 0.2) is 0 Å². The first-order valence-corrected chi connectivity index (χ1v) is 11.0. The minimum absolute atomic E-state index is 0.0166. The van der Waals surface area contributed by atoms with E-state index in [1.807, 2.05) is 0 Å². The highest BCUT2D eigenvalue weighted by Gasteiger charge is 2.26. The highest BCUT2D eigenvalue weighted by atomic mass is 32.2. The number of carbonyl (C=O) groups is 1. The van der Waals surface area contributed by atoms with Crippen molar-refractivity contribution in [1.82, 2.24) is 9.62 Å². The van der Waals surface area contributed by atoms with E-state index in [4.69, 9.17) is 5.73 Å². The van der Waals surface area contributed by atoms with Crippen LogP contribution in [0.5, 0.6) is 0 Å². The van der Waals surface area contributed by atoms with Gasteiger partial charge in [-0.15, -0.1) is 0 Å². The van der Waals surface area contributed by atoms with Gasteiger partial charge in [0.1, 0.15) is 0 Å². The van der Waals surface area contributed by atoms with Gasteiger partial charge in [0.2, 0.25) is 15.9 Å². The molecule has 3 rings (SSSR count). The number of piperidine rings is 1. The summed E-state index contributed by atoms with van der Waals surface area (Å²) >= 11 is 0. The van der Waals surface area contributed by atoms with Crippen LogP contribution >= 0.6 is 0 Å². The fourth-order valence-corrected chi connectivity index (χ4v) is 5.28. The van der Waals surface area contributed by atoms with Crippen molar-refractivity contribution in [2.24, 2.45) is 5.73 Å².